The number of nitrogens with one attached hydrogen (secondary N) is 1. The molecule has 3 N–H and O–H groups in total. The van der Waals surface area contributed by atoms with Gasteiger partial charge < -0.3 is 11.1 Å². The van der Waals surface area contributed by atoms with Gasteiger partial charge in [0.15, 0.2) is 0 Å². The maximum absolute atomic E-state index is 11.1. The van der Waals surface area contributed by atoms with Gasteiger partial charge in [-0.3, -0.25) is 4.79 Å². The van der Waals surface area contributed by atoms with E-state index in [9.17, 15) is 4.79 Å². The lowest BCUT2D eigenvalue weighted by Gasteiger charge is -2.23. The summed E-state index contributed by atoms with van der Waals surface area (Å²) >= 11 is 0. The van der Waals surface area contributed by atoms with Crippen LogP contribution in [0, 0.1) is 12.8 Å². The average molecular weight is 234 g/mol. The Morgan fingerprint density at radius 2 is 2.06 bits per heavy atom. The molecule has 1 amide bonds. The van der Waals surface area contributed by atoms with Crippen molar-refractivity contribution in [2.24, 2.45) is 11.7 Å². The summed E-state index contributed by atoms with van der Waals surface area (Å²) < 4.78 is 0. The van der Waals surface area contributed by atoms with Gasteiger partial charge in [0, 0.05) is 17.3 Å². The van der Waals surface area contributed by atoms with E-state index in [0.29, 0.717) is 17.5 Å². The number of primary amides is 1. The van der Waals surface area contributed by atoms with Crippen LogP contribution in [0.15, 0.2) is 18.2 Å². The van der Waals surface area contributed by atoms with Crippen molar-refractivity contribution in [1.82, 2.24) is 0 Å². The van der Waals surface area contributed by atoms with E-state index in [4.69, 9.17) is 5.73 Å². The number of carbonyl (C=O) groups is 1. The first kappa shape index (κ1) is 13.6. The van der Waals surface area contributed by atoms with Crippen molar-refractivity contribution in [3.8, 4) is 0 Å². The summed E-state index contributed by atoms with van der Waals surface area (Å²) in [5, 5.41) is 3.51. The highest BCUT2D eigenvalue weighted by atomic mass is 16.1. The van der Waals surface area contributed by atoms with Gasteiger partial charge in [0.2, 0.25) is 5.91 Å². The zero-order chi connectivity index (χ0) is 13.0. The second-order valence-electron chi connectivity index (χ2n) is 4.80. The van der Waals surface area contributed by atoms with E-state index in [-0.39, 0.29) is 5.91 Å². The summed E-state index contributed by atoms with van der Waals surface area (Å²) in [5.74, 6) is 0.200. The van der Waals surface area contributed by atoms with E-state index < -0.39 is 0 Å². The summed E-state index contributed by atoms with van der Waals surface area (Å²) in [6.07, 6.45) is 1.08. The fourth-order valence-corrected chi connectivity index (χ4v) is 1.92. The third kappa shape index (κ3) is 3.48. The van der Waals surface area contributed by atoms with Crippen LogP contribution in [0.5, 0.6) is 0 Å². The van der Waals surface area contributed by atoms with Crippen LogP contribution < -0.4 is 11.1 Å². The van der Waals surface area contributed by atoms with Gasteiger partial charge in [-0.2, -0.15) is 0 Å². The van der Waals surface area contributed by atoms with Crippen molar-refractivity contribution < 1.29 is 4.79 Å². The first-order chi connectivity index (χ1) is 7.95. The molecule has 0 saturated heterocycles. The normalized spacial score (nSPS) is 12.5. The Kier molecular flexibility index (Phi) is 4.55. The van der Waals surface area contributed by atoms with Crippen LogP contribution in [-0.2, 0) is 0 Å². The lowest BCUT2D eigenvalue weighted by atomic mass is 10.0. The molecule has 0 aliphatic heterocycles. The number of rotatable bonds is 5. The Labute approximate surface area is 103 Å². The van der Waals surface area contributed by atoms with Gasteiger partial charge in [0.05, 0.1) is 0 Å². The highest BCUT2D eigenvalue weighted by Gasteiger charge is 2.12. The van der Waals surface area contributed by atoms with E-state index in [2.05, 4.69) is 26.1 Å². The van der Waals surface area contributed by atoms with Crippen LogP contribution in [0.3, 0.4) is 0 Å². The third-order valence-corrected chi connectivity index (χ3v) is 3.10. The van der Waals surface area contributed by atoms with E-state index in [1.165, 1.54) is 0 Å². The Bertz CT molecular complexity index is 399. The van der Waals surface area contributed by atoms with E-state index >= 15 is 0 Å². The van der Waals surface area contributed by atoms with Gasteiger partial charge in [0.25, 0.3) is 0 Å². The molecular weight excluding hydrogens is 212 g/mol. The molecule has 1 rings (SSSR count). The molecule has 0 aliphatic carbocycles. The minimum Gasteiger partial charge on any atom is -0.382 e. The first-order valence-electron chi connectivity index (χ1n) is 6.12. The van der Waals surface area contributed by atoms with Crippen LogP contribution >= 0.6 is 0 Å². The zero-order valence-corrected chi connectivity index (χ0v) is 11.1. The van der Waals surface area contributed by atoms with Crippen LogP contribution in [-0.4, -0.2) is 11.9 Å². The van der Waals surface area contributed by atoms with Gasteiger partial charge in [-0.05, 0) is 43.0 Å². The molecule has 0 radical (unpaired) electrons. The number of aryl methyl sites for hydroxylation is 1. The minimum atomic E-state index is -0.379. The maximum atomic E-state index is 11.1. The highest BCUT2D eigenvalue weighted by Crippen LogP contribution is 2.20. The molecule has 3 heteroatoms. The highest BCUT2D eigenvalue weighted by molar-refractivity contribution is 5.93. The molecular formula is C14H22N2O. The van der Waals surface area contributed by atoms with Crippen molar-refractivity contribution in [1.29, 1.82) is 0 Å². The molecule has 0 fully saturated rings. The maximum Gasteiger partial charge on any atom is 0.248 e. The Morgan fingerprint density at radius 1 is 1.41 bits per heavy atom. The smallest absolute Gasteiger partial charge is 0.248 e. The van der Waals surface area contributed by atoms with Crippen molar-refractivity contribution >= 4 is 11.6 Å². The van der Waals surface area contributed by atoms with Crippen LogP contribution in [0.1, 0.15) is 43.1 Å². The fraction of sp³-hybridized carbons (Fsp3) is 0.500. The lowest BCUT2D eigenvalue weighted by molar-refractivity contribution is 0.1000. The van der Waals surface area contributed by atoms with Crippen molar-refractivity contribution in [2.45, 2.75) is 40.2 Å². The summed E-state index contributed by atoms with van der Waals surface area (Å²) in [4.78, 5) is 11.1. The number of nitrogens with two attached hydrogens (primary N) is 1. The number of benzene rings is 1. The topological polar surface area (TPSA) is 55.1 Å². The van der Waals surface area contributed by atoms with Gasteiger partial charge in [-0.25, -0.2) is 0 Å². The molecule has 3 nitrogen and oxygen atoms in total. The van der Waals surface area contributed by atoms with Gasteiger partial charge >= 0.3 is 0 Å². The molecule has 0 heterocycles. The average Bonchev–Trinajstić information content (AvgIpc) is 2.26. The molecule has 1 aromatic carbocycles. The number of amides is 1. The molecule has 0 aliphatic rings. The minimum absolute atomic E-state index is 0.379. The quantitative estimate of drug-likeness (QED) is 0.823. The molecule has 1 atom stereocenters. The number of hydrogen-bond donors (Lipinski definition) is 2. The number of carbonyl (C=O) groups excluding carboxylic acids is 1. The molecule has 94 valence electrons. The SMILES string of the molecule is CCC(Nc1ccc(C(N)=O)cc1C)C(C)C. The molecule has 1 unspecified atom stereocenters. The molecule has 0 aromatic heterocycles. The Balaban J connectivity index is 2.89. The van der Waals surface area contributed by atoms with E-state index in [0.717, 1.165) is 17.7 Å². The second kappa shape index (κ2) is 5.71. The predicted octanol–water partition coefficient (Wildman–Crippen LogP) is 2.94. The fourth-order valence-electron chi connectivity index (χ4n) is 1.92. The second-order valence-corrected chi connectivity index (χ2v) is 4.80. The zero-order valence-electron chi connectivity index (χ0n) is 11.1. The van der Waals surface area contributed by atoms with Crippen molar-refractivity contribution in [2.75, 3.05) is 5.32 Å². The molecule has 0 bridgehead atoms. The van der Waals surface area contributed by atoms with Crippen molar-refractivity contribution in [3.05, 3.63) is 29.3 Å². The van der Waals surface area contributed by atoms with Gasteiger partial charge in [-0.1, -0.05) is 20.8 Å². The molecule has 0 spiro atoms. The monoisotopic (exact) mass is 234 g/mol. The molecule has 0 saturated carbocycles. The van der Waals surface area contributed by atoms with E-state index in [1.54, 1.807) is 6.07 Å². The van der Waals surface area contributed by atoms with Gasteiger partial charge in [-0.15, -0.1) is 0 Å². The van der Waals surface area contributed by atoms with Crippen LogP contribution in [0.25, 0.3) is 0 Å². The lowest BCUT2D eigenvalue weighted by Crippen LogP contribution is -2.25. The number of hydrogen-bond acceptors (Lipinski definition) is 2. The standard InChI is InChI=1S/C14H22N2O/c1-5-12(9(2)3)16-13-7-6-11(14(15)17)8-10(13)4/h6-9,12,16H,5H2,1-4H3,(H2,15,17). The third-order valence-electron chi connectivity index (χ3n) is 3.10. The molecule has 17 heavy (non-hydrogen) atoms. The largest absolute Gasteiger partial charge is 0.382 e. The van der Waals surface area contributed by atoms with E-state index in [1.807, 2.05) is 19.1 Å². The Hall–Kier alpha value is -1.51. The molecule has 1 aromatic rings. The van der Waals surface area contributed by atoms with Crippen LogP contribution in [0.4, 0.5) is 5.69 Å². The van der Waals surface area contributed by atoms with Crippen LogP contribution in [0.2, 0.25) is 0 Å². The summed E-state index contributed by atoms with van der Waals surface area (Å²) in [6, 6.07) is 5.98. The van der Waals surface area contributed by atoms with Gasteiger partial charge in [0.1, 0.15) is 0 Å². The Morgan fingerprint density at radius 3 is 2.47 bits per heavy atom. The first-order valence-corrected chi connectivity index (χ1v) is 6.12. The predicted molar refractivity (Wildman–Crippen MR) is 72.2 cm³/mol. The number of anilines is 1. The summed E-state index contributed by atoms with van der Waals surface area (Å²) in [5.41, 5.74) is 7.94. The summed E-state index contributed by atoms with van der Waals surface area (Å²) in [6.45, 7) is 8.56. The summed E-state index contributed by atoms with van der Waals surface area (Å²) in [7, 11) is 0. The van der Waals surface area contributed by atoms with Crippen molar-refractivity contribution in [3.63, 3.8) is 0 Å².